The predicted molar refractivity (Wildman–Crippen MR) is 90.1 cm³/mol. The van der Waals surface area contributed by atoms with Gasteiger partial charge in [-0.2, -0.15) is 4.73 Å². The molecule has 5 nitrogen and oxygen atoms in total. The third-order valence-electron chi connectivity index (χ3n) is 6.95. The molecule has 1 aliphatic heterocycles. The second-order valence-electron chi connectivity index (χ2n) is 7.88. The largest absolute Gasteiger partial charge is 0.619 e. The van der Waals surface area contributed by atoms with Crippen molar-refractivity contribution in [3.63, 3.8) is 0 Å². The molecule has 2 N–H and O–H groups in total. The molecule has 1 saturated carbocycles. The zero-order chi connectivity index (χ0) is 16.9. The van der Waals surface area contributed by atoms with E-state index in [1.807, 2.05) is 6.07 Å². The molecule has 2 aliphatic carbocycles. The van der Waals surface area contributed by atoms with Crippen LogP contribution in [0.5, 0.6) is 0 Å². The number of likely N-dealkylation sites (tertiary alicyclic amines) is 1. The van der Waals surface area contributed by atoms with Crippen LogP contribution in [0, 0.1) is 23.0 Å². The van der Waals surface area contributed by atoms with Crippen molar-refractivity contribution in [3.05, 3.63) is 34.8 Å². The minimum Gasteiger partial charge on any atom is -0.619 e. The van der Waals surface area contributed by atoms with E-state index < -0.39 is 5.60 Å². The number of aliphatic hydroxyl groups is 2. The summed E-state index contributed by atoms with van der Waals surface area (Å²) in [6, 6.07) is 2.31. The van der Waals surface area contributed by atoms with Gasteiger partial charge in [0.15, 0.2) is 12.4 Å². The quantitative estimate of drug-likeness (QED) is 0.648. The first-order valence-corrected chi connectivity index (χ1v) is 9.37. The van der Waals surface area contributed by atoms with Gasteiger partial charge in [0, 0.05) is 30.8 Å². The van der Waals surface area contributed by atoms with Crippen LogP contribution in [0.4, 0.5) is 0 Å². The molecule has 0 aromatic carbocycles. The maximum Gasteiger partial charge on any atom is 0.183 e. The lowest BCUT2D eigenvalue weighted by atomic mass is 9.64. The van der Waals surface area contributed by atoms with Crippen LogP contribution >= 0.6 is 0 Å². The van der Waals surface area contributed by atoms with Crippen molar-refractivity contribution in [2.75, 3.05) is 19.7 Å². The summed E-state index contributed by atoms with van der Waals surface area (Å²) in [7, 11) is 0. The van der Waals surface area contributed by atoms with Crippen LogP contribution in [0.1, 0.15) is 49.8 Å². The standard InChI is InChI=1S/C19H28N2O3/c1-2-20-12-19(23)14(8-10-22)4-6-17(19)16-5-3-13-11-21(24)9-7-15(13)18(16)20/h7,9,11,14,16-18,22-23H,2-6,8,10,12H2,1H3/t14-,16-,17-,18+,19-/m0/s1. The summed E-state index contributed by atoms with van der Waals surface area (Å²) in [6.07, 6.45) is 8.08. The summed E-state index contributed by atoms with van der Waals surface area (Å²) in [5, 5.41) is 32.6. The number of rotatable bonds is 3. The normalized spacial score (nSPS) is 38.5. The highest BCUT2D eigenvalue weighted by atomic mass is 16.5. The number of hydrogen-bond donors (Lipinski definition) is 2. The van der Waals surface area contributed by atoms with Crippen LogP contribution in [0.2, 0.25) is 0 Å². The lowest BCUT2D eigenvalue weighted by Gasteiger charge is -2.54. The molecule has 132 valence electrons. The maximum atomic E-state index is 11.6. The molecule has 5 atom stereocenters. The number of hydrogen-bond acceptors (Lipinski definition) is 4. The van der Waals surface area contributed by atoms with Gasteiger partial charge in [0.2, 0.25) is 0 Å². The van der Waals surface area contributed by atoms with Crippen molar-refractivity contribution < 1.29 is 14.9 Å². The van der Waals surface area contributed by atoms with Crippen LogP contribution < -0.4 is 4.73 Å². The molecule has 3 aliphatic rings. The molecule has 0 unspecified atom stereocenters. The van der Waals surface area contributed by atoms with Gasteiger partial charge in [-0.15, -0.1) is 0 Å². The molecule has 24 heavy (non-hydrogen) atoms. The van der Waals surface area contributed by atoms with Crippen molar-refractivity contribution >= 4 is 0 Å². The molecule has 0 amide bonds. The molecule has 1 saturated heterocycles. The highest BCUT2D eigenvalue weighted by molar-refractivity contribution is 5.31. The van der Waals surface area contributed by atoms with Crippen molar-refractivity contribution in [2.24, 2.45) is 17.8 Å². The number of likely N-dealkylation sites (N-methyl/N-ethyl adjacent to an activating group) is 1. The van der Waals surface area contributed by atoms with E-state index in [0.29, 0.717) is 30.8 Å². The average molecular weight is 332 g/mol. The Morgan fingerprint density at radius 1 is 1.38 bits per heavy atom. The lowest BCUT2D eigenvalue weighted by molar-refractivity contribution is -0.606. The van der Waals surface area contributed by atoms with Crippen LogP contribution in [0.25, 0.3) is 0 Å². The number of fused-ring (bicyclic) bond motifs is 5. The third-order valence-corrected chi connectivity index (χ3v) is 6.95. The van der Waals surface area contributed by atoms with Crippen molar-refractivity contribution in [2.45, 2.75) is 50.7 Å². The minimum absolute atomic E-state index is 0.159. The lowest BCUT2D eigenvalue weighted by Crippen LogP contribution is -2.60. The number of aryl methyl sites for hydroxylation is 1. The summed E-state index contributed by atoms with van der Waals surface area (Å²) < 4.78 is 0.904. The molecular weight excluding hydrogens is 304 g/mol. The minimum atomic E-state index is -0.662. The van der Waals surface area contributed by atoms with Gasteiger partial charge < -0.3 is 15.4 Å². The molecule has 2 fully saturated rings. The van der Waals surface area contributed by atoms with Gasteiger partial charge in [-0.3, -0.25) is 4.90 Å². The number of pyridine rings is 1. The molecule has 5 heteroatoms. The Kier molecular flexibility index (Phi) is 4.06. The van der Waals surface area contributed by atoms with E-state index in [2.05, 4.69) is 11.8 Å². The summed E-state index contributed by atoms with van der Waals surface area (Å²) >= 11 is 0. The summed E-state index contributed by atoms with van der Waals surface area (Å²) in [5.74, 6) is 0.973. The van der Waals surface area contributed by atoms with E-state index >= 15 is 0 Å². The highest BCUT2D eigenvalue weighted by Crippen LogP contribution is 2.57. The topological polar surface area (TPSA) is 70.6 Å². The van der Waals surface area contributed by atoms with Crippen molar-refractivity contribution in [3.8, 4) is 0 Å². The Morgan fingerprint density at radius 3 is 2.96 bits per heavy atom. The van der Waals surface area contributed by atoms with Gasteiger partial charge in [-0.05, 0) is 62.0 Å². The molecule has 1 aromatic rings. The smallest absolute Gasteiger partial charge is 0.183 e. The fourth-order valence-electron chi connectivity index (χ4n) is 5.93. The zero-order valence-corrected chi connectivity index (χ0v) is 14.4. The third kappa shape index (κ3) is 2.29. The first-order chi connectivity index (χ1) is 11.6. The van der Waals surface area contributed by atoms with E-state index in [1.165, 1.54) is 11.1 Å². The van der Waals surface area contributed by atoms with Crippen LogP contribution in [0.3, 0.4) is 0 Å². The molecule has 2 heterocycles. The number of aromatic nitrogens is 1. The fourth-order valence-corrected chi connectivity index (χ4v) is 5.93. The number of piperidine rings is 1. The second kappa shape index (κ2) is 5.97. The zero-order valence-electron chi connectivity index (χ0n) is 14.4. The Hall–Kier alpha value is -1.17. The molecule has 4 rings (SSSR count). The summed E-state index contributed by atoms with van der Waals surface area (Å²) in [5.41, 5.74) is 1.79. The van der Waals surface area contributed by atoms with E-state index in [-0.39, 0.29) is 12.5 Å². The van der Waals surface area contributed by atoms with E-state index in [9.17, 15) is 15.4 Å². The molecule has 0 radical (unpaired) electrons. The Bertz CT molecular complexity index is 623. The maximum absolute atomic E-state index is 11.6. The Balaban J connectivity index is 1.72. The van der Waals surface area contributed by atoms with Crippen LogP contribution in [-0.2, 0) is 6.42 Å². The van der Waals surface area contributed by atoms with Gasteiger partial charge in [0.25, 0.3) is 0 Å². The molecule has 0 spiro atoms. The monoisotopic (exact) mass is 332 g/mol. The number of β-amino-alcohol motifs (C(OH)–C–C–N with tert-alkyl or cyclic N) is 1. The predicted octanol–water partition coefficient (Wildman–Crippen LogP) is 1.40. The van der Waals surface area contributed by atoms with Gasteiger partial charge in [-0.25, -0.2) is 0 Å². The first kappa shape index (κ1) is 16.3. The van der Waals surface area contributed by atoms with Gasteiger partial charge >= 0.3 is 0 Å². The van der Waals surface area contributed by atoms with Gasteiger partial charge in [-0.1, -0.05) is 6.92 Å². The number of nitrogens with zero attached hydrogens (tertiary/aromatic N) is 2. The Morgan fingerprint density at radius 2 is 2.21 bits per heavy atom. The van der Waals surface area contributed by atoms with E-state index in [0.717, 1.165) is 37.0 Å². The van der Waals surface area contributed by atoms with Crippen molar-refractivity contribution in [1.29, 1.82) is 0 Å². The van der Waals surface area contributed by atoms with Crippen molar-refractivity contribution in [1.82, 2.24) is 4.90 Å². The number of aliphatic hydroxyl groups excluding tert-OH is 1. The van der Waals surface area contributed by atoms with E-state index in [1.54, 1.807) is 12.4 Å². The SMILES string of the molecule is CCN1C[C@]2(O)[C@H](CCO)CC[C@H]2[C@@H]2CCc3c[n+]([O-])ccc3[C@H]21. The van der Waals surface area contributed by atoms with Crippen LogP contribution in [-0.4, -0.2) is 40.4 Å². The summed E-state index contributed by atoms with van der Waals surface area (Å²) in [6.45, 7) is 3.90. The van der Waals surface area contributed by atoms with Gasteiger partial charge in [0.1, 0.15) is 0 Å². The Labute approximate surface area is 143 Å². The van der Waals surface area contributed by atoms with Gasteiger partial charge in [0.05, 0.1) is 5.60 Å². The second-order valence-corrected chi connectivity index (χ2v) is 7.88. The first-order valence-electron chi connectivity index (χ1n) is 9.37. The van der Waals surface area contributed by atoms with E-state index in [4.69, 9.17) is 0 Å². The fraction of sp³-hybridized carbons (Fsp3) is 0.737. The average Bonchev–Trinajstić information content (AvgIpc) is 2.90. The molecular formula is C19H28N2O3. The van der Waals surface area contributed by atoms with Crippen LogP contribution in [0.15, 0.2) is 18.5 Å². The summed E-state index contributed by atoms with van der Waals surface area (Å²) in [4.78, 5) is 2.41. The molecule has 0 bridgehead atoms. The molecule has 1 aromatic heterocycles. The highest BCUT2D eigenvalue weighted by Gasteiger charge is 2.58.